The average Bonchev–Trinajstić information content (AvgIpc) is 3.54. The zero-order valence-electron chi connectivity index (χ0n) is 23.9. The SMILES string of the molecule is Cc1ccc2c(c1)C1C(C3C=CC=CC3C1[Si](C)(CCCCCCOC(C)(C)C)C1CCCC1)N2C. The molecular formula is C33H51NOSi. The van der Waals surface area contributed by atoms with E-state index in [0.717, 1.165) is 23.6 Å². The summed E-state index contributed by atoms with van der Waals surface area (Å²) in [5.41, 5.74) is 6.51. The highest BCUT2D eigenvalue weighted by Crippen LogP contribution is 2.66. The average molecular weight is 506 g/mol. The van der Waals surface area contributed by atoms with Crippen LogP contribution in [0.25, 0.3) is 0 Å². The molecule has 3 heteroatoms. The first kappa shape index (κ1) is 26.3. The fraction of sp³-hybridized carbons (Fsp3) is 0.697. The summed E-state index contributed by atoms with van der Waals surface area (Å²) in [4.78, 5) is 2.68. The molecule has 0 bridgehead atoms. The second-order valence-electron chi connectivity index (χ2n) is 13.8. The van der Waals surface area contributed by atoms with Crippen LogP contribution in [0.15, 0.2) is 42.5 Å². The molecule has 6 atom stereocenters. The van der Waals surface area contributed by atoms with Crippen molar-refractivity contribution in [1.82, 2.24) is 0 Å². The number of ether oxygens (including phenoxy) is 1. The van der Waals surface area contributed by atoms with Gasteiger partial charge in [-0.05, 0) is 62.7 Å². The Morgan fingerprint density at radius 3 is 2.39 bits per heavy atom. The molecule has 36 heavy (non-hydrogen) atoms. The number of benzene rings is 1. The molecule has 0 saturated heterocycles. The Hall–Kier alpha value is -1.32. The number of rotatable bonds is 9. The van der Waals surface area contributed by atoms with Gasteiger partial charge in [-0.2, -0.15) is 0 Å². The molecule has 3 aliphatic carbocycles. The topological polar surface area (TPSA) is 12.5 Å². The van der Waals surface area contributed by atoms with Crippen molar-refractivity contribution in [3.8, 4) is 0 Å². The molecule has 2 nitrogen and oxygen atoms in total. The molecule has 1 heterocycles. The van der Waals surface area contributed by atoms with Gasteiger partial charge in [-0.1, -0.05) is 99.5 Å². The lowest BCUT2D eigenvalue weighted by Gasteiger charge is -2.45. The number of hydrogen-bond acceptors (Lipinski definition) is 2. The van der Waals surface area contributed by atoms with E-state index in [-0.39, 0.29) is 5.60 Å². The van der Waals surface area contributed by atoms with Crippen LogP contribution in [0.2, 0.25) is 23.7 Å². The number of unbranched alkanes of at least 4 members (excludes halogenated alkanes) is 3. The van der Waals surface area contributed by atoms with Gasteiger partial charge in [-0.3, -0.25) is 0 Å². The van der Waals surface area contributed by atoms with E-state index in [1.54, 1.807) is 5.56 Å². The van der Waals surface area contributed by atoms with E-state index in [9.17, 15) is 0 Å². The molecule has 2 fully saturated rings. The molecule has 0 N–H and O–H groups in total. The molecule has 0 amide bonds. The molecule has 198 valence electrons. The predicted molar refractivity (Wildman–Crippen MR) is 158 cm³/mol. The van der Waals surface area contributed by atoms with Crippen LogP contribution in [0.3, 0.4) is 0 Å². The van der Waals surface area contributed by atoms with Crippen molar-refractivity contribution in [1.29, 1.82) is 0 Å². The van der Waals surface area contributed by atoms with Gasteiger partial charge in [0, 0.05) is 37.2 Å². The van der Waals surface area contributed by atoms with Crippen molar-refractivity contribution in [2.45, 2.75) is 120 Å². The van der Waals surface area contributed by atoms with Crippen LogP contribution < -0.4 is 4.90 Å². The van der Waals surface area contributed by atoms with Crippen molar-refractivity contribution >= 4 is 13.8 Å². The molecule has 6 unspecified atom stereocenters. The zero-order valence-corrected chi connectivity index (χ0v) is 24.9. The maximum Gasteiger partial charge on any atom is 0.0598 e. The Balaban J connectivity index is 1.39. The van der Waals surface area contributed by atoms with E-state index in [1.165, 1.54) is 68.7 Å². The van der Waals surface area contributed by atoms with E-state index >= 15 is 0 Å². The van der Waals surface area contributed by atoms with Gasteiger partial charge >= 0.3 is 0 Å². The third-order valence-electron chi connectivity index (χ3n) is 10.3. The first-order valence-electron chi connectivity index (χ1n) is 15.0. The van der Waals surface area contributed by atoms with E-state index in [4.69, 9.17) is 4.74 Å². The number of likely N-dealkylation sites (N-methyl/N-ethyl adjacent to an activating group) is 1. The van der Waals surface area contributed by atoms with Gasteiger partial charge in [-0.15, -0.1) is 0 Å². The number of nitrogens with zero attached hydrogens (tertiary/aromatic N) is 1. The molecule has 5 rings (SSSR count). The lowest BCUT2D eigenvalue weighted by Crippen LogP contribution is -2.44. The lowest BCUT2D eigenvalue weighted by molar-refractivity contribution is -0.00471. The zero-order chi connectivity index (χ0) is 25.5. The Morgan fingerprint density at radius 1 is 0.972 bits per heavy atom. The van der Waals surface area contributed by atoms with Gasteiger partial charge in [0.1, 0.15) is 0 Å². The highest BCUT2D eigenvalue weighted by atomic mass is 28.3. The summed E-state index contributed by atoms with van der Waals surface area (Å²) in [5, 5.41) is 0. The Bertz CT molecular complexity index is 970. The maximum absolute atomic E-state index is 5.99. The lowest BCUT2D eigenvalue weighted by atomic mass is 9.89. The third-order valence-corrected chi connectivity index (χ3v) is 16.5. The standard InChI is InChI=1S/C33H51NOSi/c1-24-19-20-29-28(23-24)30-31(34(29)5)26-17-11-12-18-27(26)32(30)36(6,25-15-9-10-16-25)22-14-8-7-13-21-35-33(2,3)4/h11-12,17-20,23,25-27,30-32H,7-10,13-16,21-22H2,1-6H3. The summed E-state index contributed by atoms with van der Waals surface area (Å²) in [6.45, 7) is 12.6. The van der Waals surface area contributed by atoms with E-state index < -0.39 is 8.07 Å². The van der Waals surface area contributed by atoms with Crippen LogP contribution in [-0.4, -0.2) is 33.4 Å². The normalized spacial score (nSPS) is 30.9. The van der Waals surface area contributed by atoms with Gasteiger partial charge in [0.05, 0.1) is 13.7 Å². The minimum Gasteiger partial charge on any atom is -0.376 e. The molecule has 0 spiro atoms. The quantitative estimate of drug-likeness (QED) is 0.245. The van der Waals surface area contributed by atoms with E-state index in [2.05, 4.69) is 88.7 Å². The van der Waals surface area contributed by atoms with E-state index in [1.807, 2.05) is 0 Å². The van der Waals surface area contributed by atoms with Crippen LogP contribution in [-0.2, 0) is 4.74 Å². The Labute approximate surface area is 222 Å². The number of fused-ring (bicyclic) bond motifs is 5. The molecule has 1 aromatic rings. The van der Waals surface area contributed by atoms with Crippen molar-refractivity contribution in [3.63, 3.8) is 0 Å². The third kappa shape index (κ3) is 4.92. The summed E-state index contributed by atoms with van der Waals surface area (Å²) in [6, 6.07) is 9.48. The molecule has 1 aromatic carbocycles. The monoisotopic (exact) mass is 505 g/mol. The predicted octanol–water partition coefficient (Wildman–Crippen LogP) is 9.04. The van der Waals surface area contributed by atoms with E-state index in [0.29, 0.717) is 17.9 Å². The van der Waals surface area contributed by atoms with Crippen LogP contribution in [0.1, 0.15) is 89.2 Å². The van der Waals surface area contributed by atoms with Crippen LogP contribution >= 0.6 is 0 Å². The fourth-order valence-electron chi connectivity index (χ4n) is 8.75. The number of aryl methyl sites for hydroxylation is 1. The highest BCUT2D eigenvalue weighted by Gasteiger charge is 2.61. The first-order chi connectivity index (χ1) is 17.2. The summed E-state index contributed by atoms with van der Waals surface area (Å²) in [6.07, 6.45) is 21.2. The van der Waals surface area contributed by atoms with Crippen LogP contribution in [0, 0.1) is 18.8 Å². The summed E-state index contributed by atoms with van der Waals surface area (Å²) in [5.74, 6) is 2.12. The number of anilines is 1. The van der Waals surface area contributed by atoms with Gasteiger partial charge in [0.2, 0.25) is 0 Å². The van der Waals surface area contributed by atoms with Gasteiger partial charge in [0.15, 0.2) is 0 Å². The second kappa shape index (κ2) is 10.4. The Morgan fingerprint density at radius 2 is 1.67 bits per heavy atom. The molecule has 1 aliphatic heterocycles. The van der Waals surface area contributed by atoms with Crippen molar-refractivity contribution in [2.24, 2.45) is 11.8 Å². The summed E-state index contributed by atoms with van der Waals surface area (Å²) >= 11 is 0. The van der Waals surface area contributed by atoms with Gasteiger partial charge in [0.25, 0.3) is 0 Å². The van der Waals surface area contributed by atoms with Gasteiger partial charge in [-0.25, -0.2) is 0 Å². The summed E-state index contributed by atoms with van der Waals surface area (Å²) in [7, 11) is 0.853. The molecule has 2 saturated carbocycles. The minimum absolute atomic E-state index is 0.00539. The fourth-order valence-corrected chi connectivity index (χ4v) is 15.2. The molecule has 0 radical (unpaired) electrons. The van der Waals surface area contributed by atoms with Crippen LogP contribution in [0.4, 0.5) is 5.69 Å². The minimum atomic E-state index is -1.53. The van der Waals surface area contributed by atoms with Crippen molar-refractivity contribution in [2.75, 3.05) is 18.6 Å². The van der Waals surface area contributed by atoms with Crippen LogP contribution in [0.5, 0.6) is 0 Å². The highest BCUT2D eigenvalue weighted by molar-refractivity contribution is 6.81. The summed E-state index contributed by atoms with van der Waals surface area (Å²) < 4.78 is 5.99. The largest absolute Gasteiger partial charge is 0.376 e. The maximum atomic E-state index is 5.99. The number of allylic oxidation sites excluding steroid dienone is 3. The molecule has 4 aliphatic rings. The van der Waals surface area contributed by atoms with Crippen molar-refractivity contribution < 1.29 is 4.74 Å². The second-order valence-corrected chi connectivity index (χ2v) is 18.7. The Kier molecular flexibility index (Phi) is 7.63. The first-order valence-corrected chi connectivity index (χ1v) is 17.9. The van der Waals surface area contributed by atoms with Gasteiger partial charge < -0.3 is 9.64 Å². The van der Waals surface area contributed by atoms with Crippen molar-refractivity contribution in [3.05, 3.63) is 53.6 Å². The molecular weight excluding hydrogens is 454 g/mol. The number of hydrogen-bond donors (Lipinski definition) is 0. The molecule has 0 aromatic heterocycles. The smallest absolute Gasteiger partial charge is 0.0598 e.